The Hall–Kier alpha value is -2.36. The second kappa shape index (κ2) is 8.64. The lowest BCUT2D eigenvalue weighted by molar-refractivity contribution is -0.146. The van der Waals surface area contributed by atoms with Crippen molar-refractivity contribution in [3.8, 4) is 5.75 Å². The van der Waals surface area contributed by atoms with Gasteiger partial charge in [0.2, 0.25) is 0 Å². The maximum absolute atomic E-state index is 13.5. The van der Waals surface area contributed by atoms with E-state index in [4.69, 9.17) is 9.47 Å². The van der Waals surface area contributed by atoms with Gasteiger partial charge in [-0.3, -0.25) is 4.79 Å². The van der Waals surface area contributed by atoms with E-state index in [-0.39, 0.29) is 23.4 Å². The molecule has 0 fully saturated rings. The SMILES string of the molecule is C=CCOC(=O)c1ccc(OC(=O)C2(CCC)CC3=C(C2)C(C)(C)CCC3(C)C)cc1. The predicted octanol–water partition coefficient (Wildman–Crippen LogP) is 6.66. The molecule has 1 aromatic rings. The number of benzene rings is 1. The average Bonchev–Trinajstić information content (AvgIpc) is 3.14. The summed E-state index contributed by atoms with van der Waals surface area (Å²) in [7, 11) is 0. The molecule has 2 aliphatic rings. The molecular weight excluding hydrogens is 388 g/mol. The highest BCUT2D eigenvalue weighted by atomic mass is 16.5. The zero-order valence-electron chi connectivity index (χ0n) is 19.7. The van der Waals surface area contributed by atoms with Crippen LogP contribution in [0.15, 0.2) is 48.1 Å². The fourth-order valence-corrected chi connectivity index (χ4v) is 5.17. The Labute approximate surface area is 186 Å². The van der Waals surface area contributed by atoms with Crippen LogP contribution in [0.5, 0.6) is 5.75 Å². The van der Waals surface area contributed by atoms with Crippen LogP contribution in [0.25, 0.3) is 0 Å². The quantitative estimate of drug-likeness (QED) is 0.279. The molecule has 0 atom stereocenters. The Morgan fingerprint density at radius 1 is 1.00 bits per heavy atom. The van der Waals surface area contributed by atoms with Crippen LogP contribution in [0.1, 0.15) is 83.5 Å². The molecule has 168 valence electrons. The maximum atomic E-state index is 13.5. The van der Waals surface area contributed by atoms with Gasteiger partial charge < -0.3 is 9.47 Å². The van der Waals surface area contributed by atoms with Gasteiger partial charge >= 0.3 is 11.9 Å². The van der Waals surface area contributed by atoms with Gasteiger partial charge in [-0.15, -0.1) is 0 Å². The van der Waals surface area contributed by atoms with Gasteiger partial charge in [-0.1, -0.05) is 64.8 Å². The van der Waals surface area contributed by atoms with E-state index in [0.717, 1.165) is 38.5 Å². The van der Waals surface area contributed by atoms with Crippen molar-refractivity contribution < 1.29 is 19.1 Å². The molecule has 0 unspecified atom stereocenters. The third-order valence-electron chi connectivity index (χ3n) is 7.20. The minimum absolute atomic E-state index is 0.133. The number of carbonyl (C=O) groups excluding carboxylic acids is 2. The van der Waals surface area contributed by atoms with E-state index in [1.54, 1.807) is 24.3 Å². The molecule has 0 radical (unpaired) electrons. The van der Waals surface area contributed by atoms with E-state index in [1.807, 2.05) is 0 Å². The van der Waals surface area contributed by atoms with E-state index in [9.17, 15) is 9.59 Å². The van der Waals surface area contributed by atoms with Crippen molar-refractivity contribution >= 4 is 11.9 Å². The van der Waals surface area contributed by atoms with Gasteiger partial charge in [0.15, 0.2) is 0 Å². The monoisotopic (exact) mass is 424 g/mol. The lowest BCUT2D eigenvalue weighted by atomic mass is 9.64. The number of ether oxygens (including phenoxy) is 2. The van der Waals surface area contributed by atoms with Crippen LogP contribution in [0.2, 0.25) is 0 Å². The zero-order valence-corrected chi connectivity index (χ0v) is 19.7. The number of carbonyl (C=O) groups is 2. The molecule has 0 aromatic heterocycles. The van der Waals surface area contributed by atoms with Crippen molar-refractivity contribution in [2.24, 2.45) is 16.2 Å². The first kappa shape index (κ1) is 23.3. The highest BCUT2D eigenvalue weighted by Crippen LogP contribution is 2.61. The number of allylic oxidation sites excluding steroid dienone is 2. The highest BCUT2D eigenvalue weighted by molar-refractivity contribution is 5.89. The van der Waals surface area contributed by atoms with Crippen molar-refractivity contribution in [1.82, 2.24) is 0 Å². The van der Waals surface area contributed by atoms with Crippen LogP contribution in [-0.2, 0) is 9.53 Å². The summed E-state index contributed by atoms with van der Waals surface area (Å²) in [5.74, 6) is -0.112. The van der Waals surface area contributed by atoms with Gasteiger partial charge in [-0.05, 0) is 67.2 Å². The van der Waals surface area contributed by atoms with Gasteiger partial charge in [0, 0.05) is 0 Å². The first-order valence-electron chi connectivity index (χ1n) is 11.4. The van der Waals surface area contributed by atoms with Crippen LogP contribution in [-0.4, -0.2) is 18.5 Å². The molecule has 0 heterocycles. The number of hydrogen-bond acceptors (Lipinski definition) is 4. The Balaban J connectivity index is 1.79. The number of rotatable bonds is 7. The highest BCUT2D eigenvalue weighted by Gasteiger charge is 2.53. The molecule has 0 bridgehead atoms. The fourth-order valence-electron chi connectivity index (χ4n) is 5.17. The summed E-state index contributed by atoms with van der Waals surface area (Å²) in [6, 6.07) is 6.59. The average molecular weight is 425 g/mol. The lowest BCUT2D eigenvalue weighted by Crippen LogP contribution is -2.34. The van der Waals surface area contributed by atoms with Crippen LogP contribution >= 0.6 is 0 Å². The van der Waals surface area contributed by atoms with E-state index in [0.29, 0.717) is 11.3 Å². The van der Waals surface area contributed by atoms with Crippen LogP contribution < -0.4 is 4.74 Å². The molecule has 1 aromatic carbocycles. The summed E-state index contributed by atoms with van der Waals surface area (Å²) >= 11 is 0. The standard InChI is InChI=1S/C27H36O4/c1-7-13-27(17-21-22(18-27)26(5,6)15-14-25(21,3)4)24(29)31-20-11-9-19(10-12-20)23(28)30-16-8-2/h8-12H,2,7,13-18H2,1,3-6H3. The van der Waals surface area contributed by atoms with Gasteiger partial charge in [0.25, 0.3) is 0 Å². The van der Waals surface area contributed by atoms with Crippen LogP contribution in [0.3, 0.4) is 0 Å². The Morgan fingerprint density at radius 3 is 2.03 bits per heavy atom. The molecule has 2 aliphatic carbocycles. The normalized spacial score (nSPS) is 20.7. The smallest absolute Gasteiger partial charge is 0.338 e. The van der Waals surface area contributed by atoms with E-state index >= 15 is 0 Å². The molecular formula is C27H36O4. The second-order valence-corrected chi connectivity index (χ2v) is 10.4. The van der Waals surface area contributed by atoms with Gasteiger partial charge in [0.1, 0.15) is 12.4 Å². The minimum atomic E-state index is -0.500. The summed E-state index contributed by atoms with van der Waals surface area (Å²) in [5.41, 5.74) is 3.12. The van der Waals surface area contributed by atoms with Crippen LogP contribution in [0, 0.1) is 16.2 Å². The molecule has 4 heteroatoms. The summed E-state index contributed by atoms with van der Waals surface area (Å²) in [6.45, 7) is 15.1. The molecule has 0 N–H and O–H groups in total. The molecule has 0 saturated heterocycles. The third kappa shape index (κ3) is 4.63. The molecule has 3 rings (SSSR count). The van der Waals surface area contributed by atoms with Crippen molar-refractivity contribution in [3.05, 3.63) is 53.6 Å². The number of hydrogen-bond donors (Lipinski definition) is 0. The Kier molecular flexibility index (Phi) is 6.50. The number of esters is 2. The molecule has 0 saturated carbocycles. The van der Waals surface area contributed by atoms with Crippen molar-refractivity contribution in [2.75, 3.05) is 6.61 Å². The van der Waals surface area contributed by atoms with Crippen LogP contribution in [0.4, 0.5) is 0 Å². The van der Waals surface area contributed by atoms with Gasteiger partial charge in [0.05, 0.1) is 11.0 Å². The summed E-state index contributed by atoms with van der Waals surface area (Å²) in [4.78, 5) is 25.5. The zero-order chi connectivity index (χ0) is 22.9. The molecule has 0 amide bonds. The third-order valence-corrected chi connectivity index (χ3v) is 7.20. The fraction of sp³-hybridized carbons (Fsp3) is 0.556. The summed E-state index contributed by atoms with van der Waals surface area (Å²) < 4.78 is 10.9. The molecule has 0 spiro atoms. The van der Waals surface area contributed by atoms with Gasteiger partial charge in [-0.2, -0.15) is 0 Å². The lowest BCUT2D eigenvalue weighted by Gasteiger charge is -2.41. The Bertz CT molecular complexity index is 858. The molecule has 0 aliphatic heterocycles. The maximum Gasteiger partial charge on any atom is 0.338 e. The topological polar surface area (TPSA) is 52.6 Å². The Morgan fingerprint density at radius 2 is 1.55 bits per heavy atom. The minimum Gasteiger partial charge on any atom is -0.458 e. The van der Waals surface area contributed by atoms with E-state index < -0.39 is 11.4 Å². The first-order valence-corrected chi connectivity index (χ1v) is 11.4. The van der Waals surface area contributed by atoms with Crippen molar-refractivity contribution in [3.63, 3.8) is 0 Å². The summed E-state index contributed by atoms with van der Waals surface area (Å²) in [6.07, 6.45) is 7.16. The van der Waals surface area contributed by atoms with Crippen molar-refractivity contribution in [2.45, 2.75) is 73.1 Å². The van der Waals surface area contributed by atoms with E-state index in [2.05, 4.69) is 41.2 Å². The predicted molar refractivity (Wildman–Crippen MR) is 123 cm³/mol. The molecule has 31 heavy (non-hydrogen) atoms. The summed E-state index contributed by atoms with van der Waals surface area (Å²) in [5, 5.41) is 0. The van der Waals surface area contributed by atoms with Gasteiger partial charge in [-0.25, -0.2) is 4.79 Å². The second-order valence-electron chi connectivity index (χ2n) is 10.4. The molecule has 4 nitrogen and oxygen atoms in total. The largest absolute Gasteiger partial charge is 0.458 e. The van der Waals surface area contributed by atoms with Crippen molar-refractivity contribution in [1.29, 1.82) is 0 Å². The van der Waals surface area contributed by atoms with E-state index in [1.165, 1.54) is 17.2 Å². The first-order chi connectivity index (χ1) is 14.5.